The number of carbonyl (C=O) groups is 1. The molecule has 0 bridgehead atoms. The lowest BCUT2D eigenvalue weighted by Crippen LogP contribution is -2.38. The Balaban J connectivity index is 2.37. The molecule has 1 atom stereocenters. The van der Waals surface area contributed by atoms with Crippen LogP contribution in [0.15, 0.2) is 46.2 Å². The van der Waals surface area contributed by atoms with Gasteiger partial charge in [-0.15, -0.1) is 0 Å². The van der Waals surface area contributed by atoms with Crippen LogP contribution in [0.3, 0.4) is 0 Å². The number of aryl methyl sites for hydroxylation is 1. The highest BCUT2D eigenvalue weighted by Gasteiger charge is 2.27. The van der Waals surface area contributed by atoms with E-state index in [2.05, 4.69) is 4.98 Å². The number of nitrogens with zero attached hydrogens (tertiary/aromatic N) is 4. The molecule has 0 radical (unpaired) electrons. The fraction of sp³-hybridized carbons (Fsp3) is 0.250. The number of ether oxygens (including phenoxy) is 1. The second-order valence-electron chi connectivity index (χ2n) is 5.37. The number of methoxy groups -OCH3 is 1. The van der Waals surface area contributed by atoms with Crippen molar-refractivity contribution in [1.29, 1.82) is 0 Å². The van der Waals surface area contributed by atoms with Crippen molar-refractivity contribution in [2.24, 2.45) is 14.1 Å². The lowest BCUT2D eigenvalue weighted by atomic mass is 10.1. The highest BCUT2D eigenvalue weighted by molar-refractivity contribution is 5.81. The van der Waals surface area contributed by atoms with Crippen LogP contribution in [-0.4, -0.2) is 31.8 Å². The van der Waals surface area contributed by atoms with Crippen LogP contribution in [0.25, 0.3) is 11.2 Å². The summed E-state index contributed by atoms with van der Waals surface area (Å²) in [5.41, 5.74) is 0.0360. The number of carbonyl (C=O) groups excluding carboxylic acids is 1. The molecular weight excluding hydrogens is 312 g/mol. The van der Waals surface area contributed by atoms with E-state index in [4.69, 9.17) is 4.74 Å². The Labute approximate surface area is 136 Å². The zero-order valence-corrected chi connectivity index (χ0v) is 13.5. The van der Waals surface area contributed by atoms with Gasteiger partial charge in [0.2, 0.25) is 0 Å². The lowest BCUT2D eigenvalue weighted by Gasteiger charge is -2.17. The molecule has 2 heterocycles. The van der Waals surface area contributed by atoms with Crippen molar-refractivity contribution in [2.75, 3.05) is 7.11 Å². The largest absolute Gasteiger partial charge is 0.467 e. The van der Waals surface area contributed by atoms with Gasteiger partial charge in [0.25, 0.3) is 5.56 Å². The van der Waals surface area contributed by atoms with Crippen molar-refractivity contribution in [3.63, 3.8) is 0 Å². The Bertz CT molecular complexity index is 1030. The van der Waals surface area contributed by atoms with Crippen molar-refractivity contribution in [2.45, 2.75) is 6.04 Å². The van der Waals surface area contributed by atoms with Crippen LogP contribution < -0.4 is 11.2 Å². The van der Waals surface area contributed by atoms with E-state index in [0.29, 0.717) is 5.56 Å². The van der Waals surface area contributed by atoms with Gasteiger partial charge in [-0.2, -0.15) is 0 Å². The van der Waals surface area contributed by atoms with Crippen LogP contribution >= 0.6 is 0 Å². The SMILES string of the molecule is COC(=O)[C@H](c1ccccc1)n1cnc2c1c(=O)n(C)c(=O)n2C. The predicted molar refractivity (Wildman–Crippen MR) is 86.8 cm³/mol. The molecule has 0 saturated carbocycles. The molecule has 24 heavy (non-hydrogen) atoms. The maximum absolute atomic E-state index is 12.6. The van der Waals surface area contributed by atoms with E-state index in [-0.39, 0.29) is 11.2 Å². The summed E-state index contributed by atoms with van der Waals surface area (Å²) in [5, 5.41) is 0. The van der Waals surface area contributed by atoms with E-state index in [1.165, 1.54) is 36.7 Å². The van der Waals surface area contributed by atoms with Crippen molar-refractivity contribution < 1.29 is 9.53 Å². The summed E-state index contributed by atoms with van der Waals surface area (Å²) in [6.45, 7) is 0. The van der Waals surface area contributed by atoms with Crippen LogP contribution in [-0.2, 0) is 23.6 Å². The molecule has 1 aromatic carbocycles. The molecule has 2 aromatic heterocycles. The van der Waals surface area contributed by atoms with Gasteiger partial charge >= 0.3 is 11.7 Å². The van der Waals surface area contributed by atoms with Crippen LogP contribution in [0.5, 0.6) is 0 Å². The minimum atomic E-state index is -0.869. The van der Waals surface area contributed by atoms with Gasteiger partial charge in [0.05, 0.1) is 13.4 Å². The Morgan fingerprint density at radius 1 is 1.12 bits per heavy atom. The molecule has 3 rings (SSSR count). The molecule has 8 heteroatoms. The summed E-state index contributed by atoms with van der Waals surface area (Å²) in [6.07, 6.45) is 1.38. The zero-order valence-electron chi connectivity index (χ0n) is 13.5. The monoisotopic (exact) mass is 328 g/mol. The summed E-state index contributed by atoms with van der Waals surface area (Å²) in [4.78, 5) is 41.1. The zero-order chi connectivity index (χ0) is 17.4. The number of benzene rings is 1. The quantitative estimate of drug-likeness (QED) is 0.641. The summed E-state index contributed by atoms with van der Waals surface area (Å²) >= 11 is 0. The van der Waals surface area contributed by atoms with E-state index in [0.717, 1.165) is 4.57 Å². The first-order chi connectivity index (χ1) is 11.5. The molecule has 124 valence electrons. The number of hydrogen-bond acceptors (Lipinski definition) is 5. The van der Waals surface area contributed by atoms with E-state index >= 15 is 0 Å². The van der Waals surface area contributed by atoms with Gasteiger partial charge in [-0.3, -0.25) is 13.9 Å². The topological polar surface area (TPSA) is 88.1 Å². The Morgan fingerprint density at radius 3 is 2.42 bits per heavy atom. The molecule has 0 aliphatic carbocycles. The van der Waals surface area contributed by atoms with Gasteiger partial charge in [-0.05, 0) is 5.56 Å². The van der Waals surface area contributed by atoms with Gasteiger partial charge in [-0.25, -0.2) is 14.6 Å². The van der Waals surface area contributed by atoms with Crippen molar-refractivity contribution >= 4 is 17.1 Å². The normalized spacial score (nSPS) is 12.3. The maximum Gasteiger partial charge on any atom is 0.333 e. The summed E-state index contributed by atoms with van der Waals surface area (Å²) in [6, 6.07) is 8.06. The second-order valence-corrected chi connectivity index (χ2v) is 5.37. The second kappa shape index (κ2) is 5.80. The van der Waals surface area contributed by atoms with Crippen LogP contribution in [0.1, 0.15) is 11.6 Å². The molecule has 0 fully saturated rings. The minimum Gasteiger partial charge on any atom is -0.467 e. The number of hydrogen-bond donors (Lipinski definition) is 0. The number of imidazole rings is 1. The van der Waals surface area contributed by atoms with E-state index in [9.17, 15) is 14.4 Å². The van der Waals surface area contributed by atoms with Crippen LogP contribution in [0, 0.1) is 0 Å². The first kappa shape index (κ1) is 15.7. The molecule has 0 N–H and O–H groups in total. The van der Waals surface area contributed by atoms with Gasteiger partial charge in [0.15, 0.2) is 17.2 Å². The molecule has 0 unspecified atom stereocenters. The van der Waals surface area contributed by atoms with Gasteiger partial charge < -0.3 is 9.30 Å². The van der Waals surface area contributed by atoms with Crippen molar-refractivity contribution in [3.8, 4) is 0 Å². The molecular formula is C16H16N4O4. The van der Waals surface area contributed by atoms with Crippen LogP contribution in [0.2, 0.25) is 0 Å². The molecule has 3 aromatic rings. The summed E-state index contributed by atoms with van der Waals surface area (Å²) < 4.78 is 8.60. The third kappa shape index (κ3) is 2.23. The first-order valence-electron chi connectivity index (χ1n) is 7.22. The Hall–Kier alpha value is -3.16. The molecule has 0 aliphatic rings. The van der Waals surface area contributed by atoms with Crippen molar-refractivity contribution in [3.05, 3.63) is 63.1 Å². The van der Waals surface area contributed by atoms with Gasteiger partial charge in [0, 0.05) is 14.1 Å². The molecule has 0 amide bonds. The average Bonchev–Trinajstić information content (AvgIpc) is 3.04. The average molecular weight is 328 g/mol. The minimum absolute atomic E-state index is 0.166. The molecule has 8 nitrogen and oxygen atoms in total. The Morgan fingerprint density at radius 2 is 1.79 bits per heavy atom. The van der Waals surface area contributed by atoms with Crippen LogP contribution in [0.4, 0.5) is 0 Å². The number of aromatic nitrogens is 4. The smallest absolute Gasteiger partial charge is 0.333 e. The number of esters is 1. The molecule has 0 saturated heterocycles. The van der Waals surface area contributed by atoms with E-state index in [1.807, 2.05) is 6.07 Å². The Kier molecular flexibility index (Phi) is 3.80. The summed E-state index contributed by atoms with van der Waals surface area (Å²) in [5.74, 6) is -0.531. The summed E-state index contributed by atoms with van der Waals surface area (Å²) in [7, 11) is 4.19. The fourth-order valence-corrected chi connectivity index (χ4v) is 2.72. The highest BCUT2D eigenvalue weighted by Crippen LogP contribution is 2.22. The number of rotatable bonds is 3. The molecule has 0 spiro atoms. The lowest BCUT2D eigenvalue weighted by molar-refractivity contribution is -0.143. The standard InChI is InChI=1S/C16H16N4O4/c1-18-13-12(14(21)19(2)16(18)23)20(9-17-13)11(15(22)24-3)10-7-5-4-6-8-10/h4-9,11H,1-3H3/t11-/m0/s1. The maximum atomic E-state index is 12.6. The number of fused-ring (bicyclic) bond motifs is 1. The predicted octanol–water partition coefficient (Wildman–Crippen LogP) is 0.196. The van der Waals surface area contributed by atoms with Gasteiger partial charge in [-0.1, -0.05) is 30.3 Å². The van der Waals surface area contributed by atoms with Crippen molar-refractivity contribution in [1.82, 2.24) is 18.7 Å². The highest BCUT2D eigenvalue weighted by atomic mass is 16.5. The van der Waals surface area contributed by atoms with Gasteiger partial charge in [0.1, 0.15) is 0 Å². The third-order valence-corrected chi connectivity index (χ3v) is 3.99. The fourth-order valence-electron chi connectivity index (χ4n) is 2.72. The van der Waals surface area contributed by atoms with E-state index in [1.54, 1.807) is 24.3 Å². The third-order valence-electron chi connectivity index (χ3n) is 3.99. The molecule has 0 aliphatic heterocycles. The van der Waals surface area contributed by atoms with E-state index < -0.39 is 23.3 Å². The first-order valence-corrected chi connectivity index (χ1v) is 7.22.